The highest BCUT2D eigenvalue weighted by Crippen LogP contribution is 2.27. The third kappa shape index (κ3) is 3.07. The van der Waals surface area contributed by atoms with E-state index in [-0.39, 0.29) is 10.6 Å². The van der Waals surface area contributed by atoms with Gasteiger partial charge in [-0.1, -0.05) is 11.6 Å². The molecule has 0 radical (unpaired) electrons. The summed E-state index contributed by atoms with van der Waals surface area (Å²) < 4.78 is 16.0. The Kier molecular flexibility index (Phi) is 4.04. The van der Waals surface area contributed by atoms with Gasteiger partial charge in [0.15, 0.2) is 0 Å². The van der Waals surface area contributed by atoms with Gasteiger partial charge in [0.25, 0.3) is 0 Å². The van der Waals surface area contributed by atoms with Gasteiger partial charge in [-0.3, -0.25) is 4.57 Å². The second-order valence-corrected chi connectivity index (χ2v) is 6.34. The van der Waals surface area contributed by atoms with Crippen LogP contribution in [0.15, 0.2) is 18.5 Å². The summed E-state index contributed by atoms with van der Waals surface area (Å²) >= 11 is 5.91. The second-order valence-electron chi connectivity index (χ2n) is 5.96. The minimum atomic E-state index is -0.595. The summed E-state index contributed by atoms with van der Waals surface area (Å²) in [5.41, 5.74) is 2.53. The van der Waals surface area contributed by atoms with Gasteiger partial charge < -0.3 is 4.48 Å². The maximum Gasteiger partial charge on any atom is 0.143 e. The number of hydrogen-bond acceptors (Lipinski definition) is 2. The molecule has 0 fully saturated rings. The average molecular weight is 308 g/mol. The maximum atomic E-state index is 13.5. The van der Waals surface area contributed by atoms with Gasteiger partial charge in [0.1, 0.15) is 24.1 Å². The van der Waals surface area contributed by atoms with Gasteiger partial charge in [-0.15, -0.1) is 0 Å². The molecule has 110 valence electrons. The predicted molar refractivity (Wildman–Crippen MR) is 79.7 cm³/mol. The number of imidazole rings is 1. The van der Waals surface area contributed by atoms with E-state index in [1.807, 2.05) is 17.6 Å². The third-order valence-electron chi connectivity index (χ3n) is 3.14. The lowest BCUT2D eigenvalue weighted by Gasteiger charge is -2.25. The van der Waals surface area contributed by atoms with E-state index in [1.165, 1.54) is 6.07 Å². The Hall–Kier alpha value is -1.90. The van der Waals surface area contributed by atoms with Crippen LogP contribution < -0.4 is 0 Å². The molecule has 0 spiro atoms. The van der Waals surface area contributed by atoms with Crippen molar-refractivity contribution in [3.63, 3.8) is 0 Å². The third-order valence-corrected chi connectivity index (χ3v) is 3.51. The molecule has 0 unspecified atom stereocenters. The van der Waals surface area contributed by atoms with E-state index in [4.69, 9.17) is 11.6 Å². The first-order valence-electron chi connectivity index (χ1n) is 6.46. The topological polar surface area (TPSA) is 41.6 Å². The number of rotatable bonds is 3. The molecule has 2 aromatic rings. The first-order valence-corrected chi connectivity index (χ1v) is 6.84. The van der Waals surface area contributed by atoms with Gasteiger partial charge in [0.2, 0.25) is 0 Å². The van der Waals surface area contributed by atoms with Gasteiger partial charge in [0, 0.05) is 0 Å². The lowest BCUT2D eigenvalue weighted by atomic mass is 10.1. The van der Waals surface area contributed by atoms with Crippen LogP contribution in [-0.2, 0) is 6.54 Å². The normalized spacial score (nSPS) is 11.5. The van der Waals surface area contributed by atoms with Gasteiger partial charge in [-0.2, -0.15) is 5.26 Å². The summed E-state index contributed by atoms with van der Waals surface area (Å²) in [6, 6.07) is 4.80. The standard InChI is InChI=1S/C15H17ClFN4/c1-10-14(8-21(2,3)4)20(9-19-10)13-6-5-12(17)15(16)11(13)7-18/h5-6,9H,8H2,1-4H3/q+1. The van der Waals surface area contributed by atoms with Crippen molar-refractivity contribution in [1.82, 2.24) is 9.55 Å². The van der Waals surface area contributed by atoms with Crippen LogP contribution in [-0.4, -0.2) is 35.2 Å². The molecular formula is C15H17ClFN4+. The smallest absolute Gasteiger partial charge is 0.143 e. The lowest BCUT2D eigenvalue weighted by Crippen LogP contribution is -2.34. The molecular weight excluding hydrogens is 291 g/mol. The van der Waals surface area contributed by atoms with Gasteiger partial charge >= 0.3 is 0 Å². The Morgan fingerprint density at radius 2 is 2.05 bits per heavy atom. The Balaban J connectivity index is 2.64. The summed E-state index contributed by atoms with van der Waals surface area (Å²) in [7, 11) is 6.21. The number of hydrogen-bond donors (Lipinski definition) is 0. The van der Waals surface area contributed by atoms with E-state index in [1.54, 1.807) is 12.4 Å². The van der Waals surface area contributed by atoms with Crippen LogP contribution in [0.4, 0.5) is 4.39 Å². The van der Waals surface area contributed by atoms with Crippen LogP contribution in [0.25, 0.3) is 5.69 Å². The molecule has 0 aliphatic carbocycles. The molecule has 21 heavy (non-hydrogen) atoms. The number of halogens is 2. The van der Waals surface area contributed by atoms with Gasteiger partial charge in [0.05, 0.1) is 49.4 Å². The van der Waals surface area contributed by atoms with E-state index in [0.29, 0.717) is 10.2 Å². The summed E-state index contributed by atoms with van der Waals surface area (Å²) in [5, 5.41) is 9.12. The molecule has 0 saturated heterocycles. The van der Waals surface area contributed by atoms with Crippen molar-refractivity contribution in [2.45, 2.75) is 13.5 Å². The number of quaternary nitrogens is 1. The highest BCUT2D eigenvalue weighted by molar-refractivity contribution is 6.32. The molecule has 0 aliphatic rings. The zero-order valence-corrected chi connectivity index (χ0v) is 13.2. The minimum absolute atomic E-state index is 0.122. The van der Waals surface area contributed by atoms with Crippen molar-refractivity contribution in [1.29, 1.82) is 5.26 Å². The zero-order valence-electron chi connectivity index (χ0n) is 12.5. The molecule has 2 rings (SSSR count). The summed E-state index contributed by atoms with van der Waals surface area (Å²) in [5.74, 6) is -0.595. The van der Waals surface area contributed by atoms with Crippen molar-refractivity contribution >= 4 is 11.6 Å². The van der Waals surface area contributed by atoms with Crippen molar-refractivity contribution in [2.24, 2.45) is 0 Å². The summed E-state index contributed by atoms with van der Waals surface area (Å²) in [6.07, 6.45) is 1.64. The number of nitriles is 1. The molecule has 0 aliphatic heterocycles. The average Bonchev–Trinajstić information content (AvgIpc) is 2.72. The van der Waals surface area contributed by atoms with Crippen molar-refractivity contribution < 1.29 is 8.87 Å². The molecule has 4 nitrogen and oxygen atoms in total. The zero-order chi connectivity index (χ0) is 15.8. The maximum absolute atomic E-state index is 13.5. The van der Waals surface area contributed by atoms with E-state index < -0.39 is 5.82 Å². The molecule has 1 aromatic carbocycles. The van der Waals surface area contributed by atoms with Crippen LogP contribution in [0.5, 0.6) is 0 Å². The Labute approximate surface area is 128 Å². The first-order chi connectivity index (χ1) is 9.74. The van der Waals surface area contributed by atoms with Crippen molar-refractivity contribution in [3.8, 4) is 11.8 Å². The quantitative estimate of drug-likeness (QED) is 0.818. The molecule has 0 saturated carbocycles. The van der Waals surface area contributed by atoms with Crippen LogP contribution in [0.2, 0.25) is 5.02 Å². The Morgan fingerprint density at radius 1 is 1.38 bits per heavy atom. The predicted octanol–water partition coefficient (Wildman–Crippen LogP) is 3.05. The molecule has 0 N–H and O–H groups in total. The molecule has 0 atom stereocenters. The fourth-order valence-corrected chi connectivity index (χ4v) is 2.36. The van der Waals surface area contributed by atoms with Crippen LogP contribution in [0.3, 0.4) is 0 Å². The van der Waals surface area contributed by atoms with Gasteiger partial charge in [-0.25, -0.2) is 9.37 Å². The van der Waals surface area contributed by atoms with E-state index in [9.17, 15) is 9.65 Å². The highest BCUT2D eigenvalue weighted by Gasteiger charge is 2.20. The molecule has 0 amide bonds. The number of aryl methyl sites for hydroxylation is 1. The number of benzene rings is 1. The Morgan fingerprint density at radius 3 is 2.62 bits per heavy atom. The van der Waals surface area contributed by atoms with Crippen LogP contribution >= 0.6 is 11.6 Å². The molecule has 0 bridgehead atoms. The molecule has 1 aromatic heterocycles. The highest BCUT2D eigenvalue weighted by atomic mass is 35.5. The summed E-state index contributed by atoms with van der Waals surface area (Å²) in [6.45, 7) is 2.64. The molecule has 6 heteroatoms. The van der Waals surface area contributed by atoms with Crippen molar-refractivity contribution in [2.75, 3.05) is 21.1 Å². The first kappa shape index (κ1) is 15.5. The van der Waals surface area contributed by atoms with E-state index in [0.717, 1.165) is 17.9 Å². The monoisotopic (exact) mass is 307 g/mol. The van der Waals surface area contributed by atoms with Crippen molar-refractivity contribution in [3.05, 3.63) is 46.3 Å². The largest absolute Gasteiger partial charge is 0.326 e. The fraction of sp³-hybridized carbons (Fsp3) is 0.333. The van der Waals surface area contributed by atoms with E-state index >= 15 is 0 Å². The second kappa shape index (κ2) is 5.47. The number of nitrogens with zero attached hydrogens (tertiary/aromatic N) is 4. The van der Waals surface area contributed by atoms with Crippen LogP contribution in [0, 0.1) is 24.1 Å². The lowest BCUT2D eigenvalue weighted by molar-refractivity contribution is -0.884. The Bertz CT molecular complexity index is 722. The fourth-order valence-electron chi connectivity index (χ4n) is 2.16. The number of aromatic nitrogens is 2. The summed E-state index contributed by atoms with van der Waals surface area (Å²) in [4.78, 5) is 4.31. The minimum Gasteiger partial charge on any atom is -0.326 e. The SMILES string of the molecule is Cc1ncn(-c2ccc(F)c(Cl)c2C#N)c1C[N+](C)(C)C. The molecule has 1 heterocycles. The van der Waals surface area contributed by atoms with Gasteiger partial charge in [-0.05, 0) is 19.1 Å². The van der Waals surface area contributed by atoms with Crippen LogP contribution in [0.1, 0.15) is 17.0 Å². The van der Waals surface area contributed by atoms with E-state index in [2.05, 4.69) is 26.1 Å².